The standard InChI is InChI=1S/C20H28O7/c1-10-6-14(22)7-11(2)9-16(27-19(24)20(5,25)13(4)21)17-12(3)18(23)26-15(17)8-10/h7-8,13-17,21-22,25H,3,6,9H2,1-2,4-5H3/b10-8+,11-7-/t13-,14-,15-,16+,17-,20+/m0/s1. The first-order valence-electron chi connectivity index (χ1n) is 8.97. The van der Waals surface area contributed by atoms with Crippen LogP contribution in [0.5, 0.6) is 0 Å². The molecule has 1 aliphatic heterocycles. The Balaban J connectivity index is 2.42. The van der Waals surface area contributed by atoms with E-state index in [0.717, 1.165) is 11.1 Å². The Morgan fingerprint density at radius 1 is 1.33 bits per heavy atom. The van der Waals surface area contributed by atoms with E-state index in [0.29, 0.717) is 6.42 Å². The highest BCUT2D eigenvalue weighted by molar-refractivity contribution is 5.91. The van der Waals surface area contributed by atoms with Gasteiger partial charge in [0.2, 0.25) is 0 Å². The first-order chi connectivity index (χ1) is 12.4. The Bertz CT molecular complexity index is 686. The number of hydrogen-bond donors (Lipinski definition) is 3. The van der Waals surface area contributed by atoms with Crippen LogP contribution in [0.4, 0.5) is 0 Å². The van der Waals surface area contributed by atoms with Gasteiger partial charge in [-0.3, -0.25) is 0 Å². The zero-order valence-corrected chi connectivity index (χ0v) is 16.1. The highest BCUT2D eigenvalue weighted by atomic mass is 16.6. The number of fused-ring (bicyclic) bond motifs is 1. The van der Waals surface area contributed by atoms with Crippen LogP contribution in [-0.4, -0.2) is 57.3 Å². The summed E-state index contributed by atoms with van der Waals surface area (Å²) in [6.07, 6.45) is 0.432. The van der Waals surface area contributed by atoms with E-state index < -0.39 is 47.9 Å². The van der Waals surface area contributed by atoms with Gasteiger partial charge in [0.05, 0.1) is 18.1 Å². The third kappa shape index (κ3) is 4.66. The molecule has 0 amide bonds. The maximum Gasteiger partial charge on any atom is 0.340 e. The summed E-state index contributed by atoms with van der Waals surface area (Å²) in [6.45, 7) is 9.84. The predicted molar refractivity (Wildman–Crippen MR) is 97.4 cm³/mol. The van der Waals surface area contributed by atoms with Gasteiger partial charge in [-0.2, -0.15) is 0 Å². The van der Waals surface area contributed by atoms with Crippen molar-refractivity contribution in [3.63, 3.8) is 0 Å². The van der Waals surface area contributed by atoms with Gasteiger partial charge in [0.25, 0.3) is 0 Å². The lowest BCUT2D eigenvalue weighted by molar-refractivity contribution is -0.182. The summed E-state index contributed by atoms with van der Waals surface area (Å²) in [5.74, 6) is -2.20. The molecule has 0 bridgehead atoms. The topological polar surface area (TPSA) is 113 Å². The van der Waals surface area contributed by atoms with Crippen LogP contribution in [0.15, 0.2) is 35.5 Å². The van der Waals surface area contributed by atoms with Gasteiger partial charge < -0.3 is 24.8 Å². The zero-order chi connectivity index (χ0) is 20.5. The summed E-state index contributed by atoms with van der Waals surface area (Å²) in [4.78, 5) is 24.5. The normalized spacial score (nSPS) is 36.3. The quantitative estimate of drug-likeness (QED) is 0.383. The molecule has 1 aliphatic carbocycles. The van der Waals surface area contributed by atoms with Gasteiger partial charge in [-0.25, -0.2) is 9.59 Å². The van der Waals surface area contributed by atoms with E-state index in [2.05, 4.69) is 6.58 Å². The molecule has 3 N–H and O–H groups in total. The average Bonchev–Trinajstić information content (AvgIpc) is 2.79. The summed E-state index contributed by atoms with van der Waals surface area (Å²) >= 11 is 0. The first kappa shape index (κ1) is 21.3. The third-order valence-electron chi connectivity index (χ3n) is 5.13. The molecular formula is C20H28O7. The number of hydrogen-bond acceptors (Lipinski definition) is 7. The van der Waals surface area contributed by atoms with Crippen molar-refractivity contribution < 1.29 is 34.4 Å². The molecule has 2 aliphatic rings. The van der Waals surface area contributed by atoms with E-state index in [-0.39, 0.29) is 12.0 Å². The number of ether oxygens (including phenoxy) is 2. The molecule has 7 nitrogen and oxygen atoms in total. The minimum Gasteiger partial charge on any atom is -0.459 e. The number of aliphatic hydroxyl groups is 3. The van der Waals surface area contributed by atoms with E-state index in [1.807, 2.05) is 6.92 Å². The number of carbonyl (C=O) groups is 2. The van der Waals surface area contributed by atoms with Crippen molar-refractivity contribution in [1.82, 2.24) is 0 Å². The fraction of sp³-hybridized carbons (Fsp3) is 0.600. The molecule has 1 heterocycles. The van der Waals surface area contributed by atoms with Crippen LogP contribution in [0.3, 0.4) is 0 Å². The van der Waals surface area contributed by atoms with E-state index >= 15 is 0 Å². The Morgan fingerprint density at radius 3 is 2.52 bits per heavy atom. The van der Waals surface area contributed by atoms with Gasteiger partial charge in [0.15, 0.2) is 5.60 Å². The lowest BCUT2D eigenvalue weighted by atomic mass is 9.85. The third-order valence-corrected chi connectivity index (χ3v) is 5.13. The number of carbonyl (C=O) groups excluding carboxylic acids is 2. The average molecular weight is 380 g/mol. The van der Waals surface area contributed by atoms with Crippen molar-refractivity contribution in [2.45, 2.75) is 70.6 Å². The fourth-order valence-electron chi connectivity index (χ4n) is 3.30. The SMILES string of the molecule is C=C1C(=O)O[C@H]2/C=C(\C)C[C@H](O)/C=C(/C)C[C@@H](OC(=O)[C@](C)(O)[C@H](C)O)[C@@H]12. The summed E-state index contributed by atoms with van der Waals surface area (Å²) in [5, 5.41) is 30.0. The van der Waals surface area contributed by atoms with Crippen LogP contribution >= 0.6 is 0 Å². The minimum atomic E-state index is -2.10. The molecule has 0 radical (unpaired) electrons. The molecule has 2 rings (SSSR count). The van der Waals surface area contributed by atoms with Crippen LogP contribution < -0.4 is 0 Å². The molecule has 1 saturated heterocycles. The highest BCUT2D eigenvalue weighted by Crippen LogP contribution is 2.36. The fourth-order valence-corrected chi connectivity index (χ4v) is 3.30. The maximum atomic E-state index is 12.5. The molecule has 0 saturated carbocycles. The maximum absolute atomic E-state index is 12.5. The molecular weight excluding hydrogens is 352 g/mol. The van der Waals surface area contributed by atoms with Crippen LogP contribution in [0, 0.1) is 5.92 Å². The zero-order valence-electron chi connectivity index (χ0n) is 16.1. The molecule has 0 aromatic carbocycles. The molecule has 6 atom stereocenters. The summed E-state index contributed by atoms with van der Waals surface area (Å²) in [6, 6.07) is 0. The second kappa shape index (κ2) is 7.96. The number of aliphatic hydroxyl groups excluding tert-OH is 2. The molecule has 0 aromatic heterocycles. The first-order valence-corrected chi connectivity index (χ1v) is 8.97. The molecule has 0 unspecified atom stereocenters. The van der Waals surface area contributed by atoms with E-state index in [1.54, 1.807) is 19.1 Å². The van der Waals surface area contributed by atoms with Gasteiger partial charge >= 0.3 is 11.9 Å². The second-order valence-electron chi connectivity index (χ2n) is 7.69. The minimum absolute atomic E-state index is 0.187. The van der Waals surface area contributed by atoms with Crippen molar-refractivity contribution in [1.29, 1.82) is 0 Å². The van der Waals surface area contributed by atoms with Gasteiger partial charge in [0.1, 0.15) is 12.2 Å². The van der Waals surface area contributed by atoms with Gasteiger partial charge in [-0.1, -0.05) is 23.8 Å². The summed E-state index contributed by atoms with van der Waals surface area (Å²) < 4.78 is 10.9. The monoisotopic (exact) mass is 380 g/mol. The van der Waals surface area contributed by atoms with Crippen molar-refractivity contribution in [2.75, 3.05) is 0 Å². The Kier molecular flexibility index (Phi) is 6.29. The van der Waals surface area contributed by atoms with E-state index in [9.17, 15) is 24.9 Å². The van der Waals surface area contributed by atoms with Crippen molar-refractivity contribution in [3.8, 4) is 0 Å². The van der Waals surface area contributed by atoms with E-state index in [4.69, 9.17) is 9.47 Å². The van der Waals surface area contributed by atoms with Crippen LogP contribution in [-0.2, 0) is 19.1 Å². The highest BCUT2D eigenvalue weighted by Gasteiger charge is 2.47. The number of esters is 2. The molecule has 27 heavy (non-hydrogen) atoms. The van der Waals surface area contributed by atoms with Crippen LogP contribution in [0.1, 0.15) is 40.5 Å². The van der Waals surface area contributed by atoms with Crippen molar-refractivity contribution in [2.24, 2.45) is 5.92 Å². The molecule has 7 heteroatoms. The number of rotatable bonds is 3. The predicted octanol–water partition coefficient (Wildman–Crippen LogP) is 1.18. The van der Waals surface area contributed by atoms with Crippen molar-refractivity contribution >= 4 is 11.9 Å². The second-order valence-corrected chi connectivity index (χ2v) is 7.69. The largest absolute Gasteiger partial charge is 0.459 e. The van der Waals surface area contributed by atoms with Crippen LogP contribution in [0.2, 0.25) is 0 Å². The Labute approximate surface area is 159 Å². The van der Waals surface area contributed by atoms with Gasteiger partial charge in [-0.15, -0.1) is 0 Å². The molecule has 150 valence electrons. The molecule has 0 aromatic rings. The van der Waals surface area contributed by atoms with Crippen LogP contribution in [0.25, 0.3) is 0 Å². The molecule has 0 spiro atoms. The smallest absolute Gasteiger partial charge is 0.340 e. The summed E-state index contributed by atoms with van der Waals surface area (Å²) in [5.41, 5.74) is -0.324. The lowest BCUT2D eigenvalue weighted by Crippen LogP contribution is -2.49. The Hall–Kier alpha value is -1.96. The van der Waals surface area contributed by atoms with Crippen molar-refractivity contribution in [3.05, 3.63) is 35.5 Å². The van der Waals surface area contributed by atoms with E-state index in [1.165, 1.54) is 13.8 Å². The van der Waals surface area contributed by atoms with Gasteiger partial charge in [0, 0.05) is 12.0 Å². The molecule has 1 fully saturated rings. The lowest BCUT2D eigenvalue weighted by Gasteiger charge is -2.31. The Morgan fingerprint density at radius 2 is 1.93 bits per heavy atom. The summed E-state index contributed by atoms with van der Waals surface area (Å²) in [7, 11) is 0. The van der Waals surface area contributed by atoms with Gasteiger partial charge in [-0.05, 0) is 40.2 Å².